The molecule has 5 aromatic rings. The maximum Gasteiger partial charge on any atom is 0.410 e. The van der Waals surface area contributed by atoms with Gasteiger partial charge in [0, 0.05) is 41.0 Å². The molecule has 0 aliphatic carbocycles. The average molecular weight is 807 g/mol. The lowest BCUT2D eigenvalue weighted by atomic mass is 9.70. The number of rotatable bonds is 8. The number of benzene rings is 3. The highest BCUT2D eigenvalue weighted by atomic mass is 19.1. The number of amides is 2. The Labute approximate surface area is 345 Å². The van der Waals surface area contributed by atoms with E-state index in [0.29, 0.717) is 33.4 Å². The van der Waals surface area contributed by atoms with Crippen molar-refractivity contribution in [1.82, 2.24) is 24.8 Å². The molecule has 59 heavy (non-hydrogen) atoms. The van der Waals surface area contributed by atoms with Gasteiger partial charge in [0.1, 0.15) is 29.2 Å². The number of fused-ring (bicyclic) bond motifs is 1. The summed E-state index contributed by atoms with van der Waals surface area (Å²) >= 11 is 0. The maximum absolute atomic E-state index is 15.2. The van der Waals surface area contributed by atoms with Gasteiger partial charge in [-0.2, -0.15) is 0 Å². The highest BCUT2D eigenvalue weighted by Gasteiger charge is 2.42. The Balaban J connectivity index is 1.02. The van der Waals surface area contributed by atoms with E-state index in [1.807, 2.05) is 31.7 Å². The zero-order valence-electron chi connectivity index (χ0n) is 35.4. The largest absolute Gasteiger partial charge is 0.444 e. The van der Waals surface area contributed by atoms with Crippen LogP contribution in [0.4, 0.5) is 19.3 Å². The van der Waals surface area contributed by atoms with Crippen molar-refractivity contribution in [2.75, 3.05) is 31.5 Å². The SMILES string of the molecule is Cc1c(NC(=O)c2ccc(C(C)(C)O)cc2F)cc(F)cc1-c1ncnc2[nH]c(-c3ccc(CC(C)(C)N4CCC5(CCN(C(=O)OC(C)(C)C)CC5)CC4)cc3)cc12. The van der Waals surface area contributed by atoms with Crippen molar-refractivity contribution in [1.29, 1.82) is 0 Å². The summed E-state index contributed by atoms with van der Waals surface area (Å²) < 4.78 is 35.8. The Kier molecular flexibility index (Phi) is 11.2. The minimum Gasteiger partial charge on any atom is -0.444 e. The van der Waals surface area contributed by atoms with Crippen LogP contribution in [0.15, 0.2) is 67.0 Å². The third-order valence-corrected chi connectivity index (χ3v) is 12.3. The molecule has 2 amide bonds. The molecule has 0 atom stereocenters. The van der Waals surface area contributed by atoms with E-state index in [2.05, 4.69) is 63.3 Å². The minimum atomic E-state index is -1.28. The number of anilines is 1. The van der Waals surface area contributed by atoms with Crippen LogP contribution in [0.5, 0.6) is 0 Å². The number of piperidine rings is 2. The number of aliphatic hydroxyl groups is 1. The Bertz CT molecular complexity index is 2360. The standard InChI is InChI=1S/C47H56F2N6O4/c1-29-35(24-33(48)25-38(29)53-42(56)34-14-13-32(23-37(34)49)46(7,8)58)40-36-26-39(52-41(36)51-28-50-40)31-11-9-30(10-12-31)27-45(5,6)55-21-17-47(18-22-55)15-19-54(20-16-47)43(57)59-44(2,3)4/h9-14,23-26,28,58H,15-22,27H2,1-8H3,(H,53,56)(H,50,51,52). The number of aromatic nitrogens is 3. The lowest BCUT2D eigenvalue weighted by molar-refractivity contribution is -0.0161. The van der Waals surface area contributed by atoms with Gasteiger partial charge in [0.2, 0.25) is 0 Å². The number of likely N-dealkylation sites (tertiary alicyclic amines) is 2. The highest BCUT2D eigenvalue weighted by Crippen LogP contribution is 2.43. The van der Waals surface area contributed by atoms with Crippen molar-refractivity contribution in [3.8, 4) is 22.5 Å². The Morgan fingerprint density at radius 2 is 1.54 bits per heavy atom. The predicted octanol–water partition coefficient (Wildman–Crippen LogP) is 9.79. The fourth-order valence-electron chi connectivity index (χ4n) is 8.62. The summed E-state index contributed by atoms with van der Waals surface area (Å²) in [7, 11) is 0. The van der Waals surface area contributed by atoms with Crippen molar-refractivity contribution in [2.24, 2.45) is 5.41 Å². The summed E-state index contributed by atoms with van der Waals surface area (Å²) in [6.45, 7) is 18.8. The molecule has 2 aromatic heterocycles. The van der Waals surface area contributed by atoms with Crippen LogP contribution in [-0.4, -0.2) is 79.2 Å². The Morgan fingerprint density at radius 1 is 0.881 bits per heavy atom. The Morgan fingerprint density at radius 3 is 2.17 bits per heavy atom. The van der Waals surface area contributed by atoms with Crippen LogP contribution in [0.25, 0.3) is 33.5 Å². The molecule has 2 saturated heterocycles. The maximum atomic E-state index is 15.2. The van der Waals surface area contributed by atoms with Gasteiger partial charge in [-0.05, 0) is 159 Å². The summed E-state index contributed by atoms with van der Waals surface area (Å²) in [4.78, 5) is 42.7. The third kappa shape index (κ3) is 9.18. The van der Waals surface area contributed by atoms with Crippen LogP contribution < -0.4 is 5.32 Å². The van der Waals surface area contributed by atoms with Gasteiger partial charge in [0.25, 0.3) is 5.91 Å². The van der Waals surface area contributed by atoms with Crippen LogP contribution in [0.1, 0.15) is 101 Å². The first kappa shape index (κ1) is 41.9. The van der Waals surface area contributed by atoms with Gasteiger partial charge in [0.05, 0.1) is 16.9 Å². The molecule has 4 heterocycles. The van der Waals surface area contributed by atoms with Gasteiger partial charge < -0.3 is 25.0 Å². The van der Waals surface area contributed by atoms with Gasteiger partial charge in [0.15, 0.2) is 0 Å². The van der Waals surface area contributed by atoms with E-state index in [-0.39, 0.29) is 28.3 Å². The monoisotopic (exact) mass is 806 g/mol. The number of hydrogen-bond acceptors (Lipinski definition) is 7. The molecule has 2 fully saturated rings. The Hall–Kier alpha value is -5.20. The molecule has 0 unspecified atom stereocenters. The topological polar surface area (TPSA) is 124 Å². The molecule has 2 aliphatic heterocycles. The van der Waals surface area contributed by atoms with Gasteiger partial charge in [-0.25, -0.2) is 23.5 Å². The summed E-state index contributed by atoms with van der Waals surface area (Å²) in [6.07, 6.45) is 6.42. The molecule has 0 radical (unpaired) electrons. The van der Waals surface area contributed by atoms with Gasteiger partial charge in [-0.1, -0.05) is 30.3 Å². The van der Waals surface area contributed by atoms with E-state index >= 15 is 4.39 Å². The molecule has 7 rings (SSSR count). The zero-order valence-corrected chi connectivity index (χ0v) is 35.4. The number of H-pyrrole nitrogens is 1. The number of ether oxygens (including phenoxy) is 1. The predicted molar refractivity (Wildman–Crippen MR) is 227 cm³/mol. The zero-order chi connectivity index (χ0) is 42.5. The first-order valence-corrected chi connectivity index (χ1v) is 20.5. The number of nitrogens with zero attached hydrogens (tertiary/aromatic N) is 4. The van der Waals surface area contributed by atoms with E-state index in [1.54, 1.807) is 6.92 Å². The van der Waals surface area contributed by atoms with Crippen molar-refractivity contribution in [3.05, 3.63) is 101 Å². The first-order chi connectivity index (χ1) is 27.7. The molecular formula is C47H56F2N6O4. The van der Waals surface area contributed by atoms with Gasteiger partial charge in [-0.3, -0.25) is 9.69 Å². The first-order valence-electron chi connectivity index (χ1n) is 20.5. The number of aromatic amines is 1. The van der Waals surface area contributed by atoms with Crippen molar-refractivity contribution in [2.45, 2.75) is 104 Å². The number of halogens is 2. The lowest BCUT2D eigenvalue weighted by Crippen LogP contribution is -2.54. The van der Waals surface area contributed by atoms with E-state index < -0.39 is 28.7 Å². The molecule has 3 N–H and O–H groups in total. The second-order valence-electron chi connectivity index (χ2n) is 18.6. The number of carbonyl (C=O) groups excluding carboxylic acids is 2. The third-order valence-electron chi connectivity index (χ3n) is 12.3. The molecule has 2 aliphatic rings. The molecule has 1 spiro atoms. The normalized spacial score (nSPS) is 16.4. The smallest absolute Gasteiger partial charge is 0.410 e. The van der Waals surface area contributed by atoms with Crippen molar-refractivity contribution >= 4 is 28.7 Å². The fourth-order valence-corrected chi connectivity index (χ4v) is 8.62. The van der Waals surface area contributed by atoms with Gasteiger partial charge >= 0.3 is 6.09 Å². The van der Waals surface area contributed by atoms with Crippen LogP contribution in [0.2, 0.25) is 0 Å². The lowest BCUT2D eigenvalue weighted by Gasteiger charge is -2.50. The average Bonchev–Trinajstić information content (AvgIpc) is 3.60. The highest BCUT2D eigenvalue weighted by molar-refractivity contribution is 6.06. The van der Waals surface area contributed by atoms with Crippen molar-refractivity contribution < 1.29 is 28.2 Å². The van der Waals surface area contributed by atoms with E-state index in [0.717, 1.165) is 75.6 Å². The fraction of sp³-hybridized carbons (Fsp3) is 0.447. The molecule has 10 nitrogen and oxygen atoms in total. The van der Waals surface area contributed by atoms with Gasteiger partial charge in [-0.15, -0.1) is 0 Å². The van der Waals surface area contributed by atoms with E-state index in [1.165, 1.54) is 50.0 Å². The quantitative estimate of drug-likeness (QED) is 0.143. The van der Waals surface area contributed by atoms with Crippen LogP contribution >= 0.6 is 0 Å². The molecule has 0 bridgehead atoms. The van der Waals surface area contributed by atoms with Crippen LogP contribution in [0, 0.1) is 24.0 Å². The molecule has 312 valence electrons. The molecule has 3 aromatic carbocycles. The summed E-state index contributed by atoms with van der Waals surface area (Å²) in [6, 6.07) is 17.0. The summed E-state index contributed by atoms with van der Waals surface area (Å²) in [5.41, 5.74) is 3.88. The number of nitrogens with one attached hydrogen (secondary N) is 2. The summed E-state index contributed by atoms with van der Waals surface area (Å²) in [5, 5.41) is 13.6. The second-order valence-corrected chi connectivity index (χ2v) is 18.6. The molecule has 0 saturated carbocycles. The number of carbonyl (C=O) groups is 2. The molecular weight excluding hydrogens is 751 g/mol. The summed E-state index contributed by atoms with van der Waals surface area (Å²) in [5.74, 6) is -2.13. The molecule has 12 heteroatoms. The second kappa shape index (κ2) is 15.8. The van der Waals surface area contributed by atoms with Crippen molar-refractivity contribution in [3.63, 3.8) is 0 Å². The van der Waals surface area contributed by atoms with Crippen LogP contribution in [0.3, 0.4) is 0 Å². The number of hydrogen-bond donors (Lipinski definition) is 3. The van der Waals surface area contributed by atoms with E-state index in [4.69, 9.17) is 4.74 Å². The van der Waals surface area contributed by atoms with E-state index in [9.17, 15) is 19.1 Å². The minimum absolute atomic E-state index is 0.0387. The van der Waals surface area contributed by atoms with Crippen LogP contribution in [-0.2, 0) is 16.8 Å².